The Hall–Kier alpha value is -1.71. The van der Waals surface area contributed by atoms with E-state index < -0.39 is 0 Å². The van der Waals surface area contributed by atoms with E-state index in [1.807, 2.05) is 24.0 Å². The van der Waals surface area contributed by atoms with Gasteiger partial charge in [0.1, 0.15) is 5.75 Å². The average Bonchev–Trinajstić information content (AvgIpc) is 2.40. The summed E-state index contributed by atoms with van der Waals surface area (Å²) in [6, 6.07) is 8.15. The number of ether oxygens (including phenoxy) is 1. The van der Waals surface area contributed by atoms with E-state index in [9.17, 15) is 4.79 Å². The lowest BCUT2D eigenvalue weighted by molar-refractivity contribution is -0.129. The quantitative estimate of drug-likeness (QED) is 0.817. The summed E-state index contributed by atoms with van der Waals surface area (Å²) < 4.78 is 5.43. The largest absolute Gasteiger partial charge is 0.494 e. The first kappa shape index (κ1) is 12.7. The Morgan fingerprint density at radius 3 is 2.28 bits per heavy atom. The van der Waals surface area contributed by atoms with Crippen LogP contribution in [0.1, 0.15) is 13.8 Å². The second kappa shape index (κ2) is 5.76. The summed E-state index contributed by atoms with van der Waals surface area (Å²) in [7, 11) is 0. The first-order valence-electron chi connectivity index (χ1n) is 6.44. The molecule has 1 aromatic carbocycles. The van der Waals surface area contributed by atoms with E-state index in [4.69, 9.17) is 4.74 Å². The highest BCUT2D eigenvalue weighted by Gasteiger charge is 2.18. The molecule has 1 aromatic rings. The Bertz CT molecular complexity index is 395. The standard InChI is InChI=1S/C14H20N2O2/c1-3-18-14-6-4-13(5-7-14)16-10-8-15(9-11-16)12(2)17/h4-7H,3,8-11H2,1-2H3. The predicted octanol–water partition coefficient (Wildman–Crippen LogP) is 1.75. The SMILES string of the molecule is CCOc1ccc(N2CCN(C(C)=O)CC2)cc1. The van der Waals surface area contributed by atoms with Gasteiger partial charge in [0.05, 0.1) is 6.61 Å². The molecule has 1 heterocycles. The Kier molecular flexibility index (Phi) is 4.07. The van der Waals surface area contributed by atoms with Crippen molar-refractivity contribution in [1.29, 1.82) is 0 Å². The molecule has 1 saturated heterocycles. The van der Waals surface area contributed by atoms with Gasteiger partial charge in [-0.05, 0) is 31.2 Å². The highest BCUT2D eigenvalue weighted by Crippen LogP contribution is 2.20. The zero-order chi connectivity index (χ0) is 13.0. The van der Waals surface area contributed by atoms with Crippen LogP contribution in [0.3, 0.4) is 0 Å². The smallest absolute Gasteiger partial charge is 0.219 e. The molecule has 18 heavy (non-hydrogen) atoms. The molecule has 0 radical (unpaired) electrons. The van der Waals surface area contributed by atoms with Crippen molar-refractivity contribution in [3.63, 3.8) is 0 Å². The molecule has 1 fully saturated rings. The Balaban J connectivity index is 1.95. The van der Waals surface area contributed by atoms with Gasteiger partial charge in [-0.15, -0.1) is 0 Å². The van der Waals surface area contributed by atoms with Crippen LogP contribution in [0, 0.1) is 0 Å². The number of piperazine rings is 1. The van der Waals surface area contributed by atoms with E-state index in [-0.39, 0.29) is 5.91 Å². The maximum atomic E-state index is 11.2. The zero-order valence-electron chi connectivity index (χ0n) is 11.1. The van der Waals surface area contributed by atoms with Gasteiger partial charge in [0.2, 0.25) is 5.91 Å². The summed E-state index contributed by atoms with van der Waals surface area (Å²) in [5.74, 6) is 1.07. The molecule has 0 atom stereocenters. The minimum atomic E-state index is 0.168. The third kappa shape index (κ3) is 2.94. The van der Waals surface area contributed by atoms with E-state index in [0.29, 0.717) is 6.61 Å². The van der Waals surface area contributed by atoms with E-state index >= 15 is 0 Å². The monoisotopic (exact) mass is 248 g/mol. The first-order valence-corrected chi connectivity index (χ1v) is 6.44. The van der Waals surface area contributed by atoms with Crippen LogP contribution in [-0.4, -0.2) is 43.6 Å². The number of benzene rings is 1. The van der Waals surface area contributed by atoms with Gasteiger partial charge in [-0.25, -0.2) is 0 Å². The van der Waals surface area contributed by atoms with Gasteiger partial charge in [0.15, 0.2) is 0 Å². The van der Waals surface area contributed by atoms with Crippen LogP contribution in [0.5, 0.6) is 5.75 Å². The lowest BCUT2D eigenvalue weighted by Gasteiger charge is -2.35. The summed E-state index contributed by atoms with van der Waals surface area (Å²) >= 11 is 0. The third-order valence-electron chi connectivity index (χ3n) is 3.24. The molecule has 1 aliphatic heterocycles. The van der Waals surface area contributed by atoms with E-state index in [1.165, 1.54) is 5.69 Å². The number of hydrogen-bond donors (Lipinski definition) is 0. The number of amides is 1. The van der Waals surface area contributed by atoms with Crippen molar-refractivity contribution in [2.24, 2.45) is 0 Å². The van der Waals surface area contributed by atoms with Gasteiger partial charge in [-0.3, -0.25) is 4.79 Å². The molecule has 0 N–H and O–H groups in total. The topological polar surface area (TPSA) is 32.8 Å². The fraction of sp³-hybridized carbons (Fsp3) is 0.500. The lowest BCUT2D eigenvalue weighted by atomic mass is 10.2. The molecule has 0 aliphatic carbocycles. The van der Waals surface area contributed by atoms with Gasteiger partial charge in [-0.2, -0.15) is 0 Å². The maximum Gasteiger partial charge on any atom is 0.219 e. The lowest BCUT2D eigenvalue weighted by Crippen LogP contribution is -2.48. The van der Waals surface area contributed by atoms with Crippen LogP contribution in [0.2, 0.25) is 0 Å². The highest BCUT2D eigenvalue weighted by atomic mass is 16.5. The summed E-state index contributed by atoms with van der Waals surface area (Å²) in [6.07, 6.45) is 0. The van der Waals surface area contributed by atoms with Crippen molar-refractivity contribution < 1.29 is 9.53 Å². The van der Waals surface area contributed by atoms with E-state index in [0.717, 1.165) is 31.9 Å². The molecule has 4 nitrogen and oxygen atoms in total. The van der Waals surface area contributed by atoms with Crippen LogP contribution in [0.25, 0.3) is 0 Å². The van der Waals surface area contributed by atoms with Crippen LogP contribution >= 0.6 is 0 Å². The molecule has 98 valence electrons. The number of carbonyl (C=O) groups is 1. The van der Waals surface area contributed by atoms with Gasteiger partial charge >= 0.3 is 0 Å². The second-order valence-corrected chi connectivity index (χ2v) is 4.42. The maximum absolute atomic E-state index is 11.2. The van der Waals surface area contributed by atoms with Gasteiger partial charge in [-0.1, -0.05) is 0 Å². The summed E-state index contributed by atoms with van der Waals surface area (Å²) in [5, 5.41) is 0. The number of carbonyl (C=O) groups excluding carboxylic acids is 1. The van der Waals surface area contributed by atoms with Gasteiger partial charge < -0.3 is 14.5 Å². The number of anilines is 1. The molecule has 0 bridgehead atoms. The Morgan fingerprint density at radius 2 is 1.78 bits per heavy atom. The molecule has 0 saturated carbocycles. The summed E-state index contributed by atoms with van der Waals surface area (Å²) in [6.45, 7) is 7.71. The summed E-state index contributed by atoms with van der Waals surface area (Å²) in [5.41, 5.74) is 1.20. The molecule has 0 aromatic heterocycles. The van der Waals surface area contributed by atoms with Crippen molar-refractivity contribution in [1.82, 2.24) is 4.90 Å². The zero-order valence-corrected chi connectivity index (χ0v) is 11.1. The molecule has 1 amide bonds. The van der Waals surface area contributed by atoms with Crippen molar-refractivity contribution in [2.75, 3.05) is 37.7 Å². The van der Waals surface area contributed by atoms with Crippen LogP contribution < -0.4 is 9.64 Å². The molecule has 0 spiro atoms. The molecular weight excluding hydrogens is 228 g/mol. The van der Waals surface area contributed by atoms with Gasteiger partial charge in [0.25, 0.3) is 0 Å². The fourth-order valence-corrected chi connectivity index (χ4v) is 2.20. The van der Waals surface area contributed by atoms with Crippen molar-refractivity contribution in [2.45, 2.75) is 13.8 Å². The molecular formula is C14H20N2O2. The minimum absolute atomic E-state index is 0.168. The minimum Gasteiger partial charge on any atom is -0.494 e. The van der Waals surface area contributed by atoms with Gasteiger partial charge in [0, 0.05) is 38.8 Å². The van der Waals surface area contributed by atoms with E-state index in [1.54, 1.807) is 6.92 Å². The first-order chi connectivity index (χ1) is 8.70. The third-order valence-corrected chi connectivity index (χ3v) is 3.24. The van der Waals surface area contributed by atoms with Crippen molar-refractivity contribution in [3.8, 4) is 5.75 Å². The number of nitrogens with zero attached hydrogens (tertiary/aromatic N) is 2. The molecule has 4 heteroatoms. The van der Waals surface area contributed by atoms with Crippen molar-refractivity contribution in [3.05, 3.63) is 24.3 Å². The van der Waals surface area contributed by atoms with Crippen LogP contribution in [0.15, 0.2) is 24.3 Å². The summed E-state index contributed by atoms with van der Waals surface area (Å²) in [4.78, 5) is 15.4. The molecule has 1 aliphatic rings. The Morgan fingerprint density at radius 1 is 1.17 bits per heavy atom. The number of hydrogen-bond acceptors (Lipinski definition) is 3. The highest BCUT2D eigenvalue weighted by molar-refractivity contribution is 5.73. The average molecular weight is 248 g/mol. The Labute approximate surface area is 108 Å². The predicted molar refractivity (Wildman–Crippen MR) is 72.1 cm³/mol. The number of rotatable bonds is 3. The molecule has 0 unspecified atom stereocenters. The fourth-order valence-electron chi connectivity index (χ4n) is 2.20. The van der Waals surface area contributed by atoms with E-state index in [2.05, 4.69) is 17.0 Å². The van der Waals surface area contributed by atoms with Crippen LogP contribution in [-0.2, 0) is 4.79 Å². The van der Waals surface area contributed by atoms with Crippen LogP contribution in [0.4, 0.5) is 5.69 Å². The second-order valence-electron chi connectivity index (χ2n) is 4.42. The normalized spacial score (nSPS) is 15.7. The van der Waals surface area contributed by atoms with Crippen molar-refractivity contribution >= 4 is 11.6 Å². The molecule has 2 rings (SSSR count).